The minimum atomic E-state index is -0.200. The molecular formula is C14H21ClFN. The topological polar surface area (TPSA) is 3.24 Å². The van der Waals surface area contributed by atoms with Crippen LogP contribution >= 0.6 is 11.6 Å². The molecule has 0 fully saturated rings. The highest BCUT2D eigenvalue weighted by molar-refractivity contribution is 6.18. The third-order valence-corrected chi connectivity index (χ3v) is 2.93. The fourth-order valence-electron chi connectivity index (χ4n) is 1.84. The number of rotatable bonds is 9. The van der Waals surface area contributed by atoms with E-state index < -0.39 is 0 Å². The molecule has 0 unspecified atom stereocenters. The summed E-state index contributed by atoms with van der Waals surface area (Å²) in [6.45, 7) is 2.63. The maximum Gasteiger partial charge on any atom is 0.0894 e. The minimum absolute atomic E-state index is 0.200. The maximum atomic E-state index is 12.0. The van der Waals surface area contributed by atoms with Crippen molar-refractivity contribution in [3.63, 3.8) is 0 Å². The van der Waals surface area contributed by atoms with E-state index in [1.807, 2.05) is 6.07 Å². The summed E-state index contributed by atoms with van der Waals surface area (Å²) in [4.78, 5) is 2.33. The van der Waals surface area contributed by atoms with Crippen molar-refractivity contribution in [3.05, 3.63) is 35.9 Å². The van der Waals surface area contributed by atoms with E-state index in [1.165, 1.54) is 5.56 Å². The van der Waals surface area contributed by atoms with Gasteiger partial charge in [-0.3, -0.25) is 9.29 Å². The standard InChI is InChI=1S/C14H21ClFN/c15-9-12-17(11-6-2-5-10-16)13-14-7-3-1-4-8-14/h1,3-4,7-8H,2,5-6,9-13H2. The van der Waals surface area contributed by atoms with Gasteiger partial charge >= 0.3 is 0 Å². The number of benzene rings is 1. The monoisotopic (exact) mass is 257 g/mol. The maximum absolute atomic E-state index is 12.0. The first-order valence-corrected chi connectivity index (χ1v) is 6.78. The van der Waals surface area contributed by atoms with Gasteiger partial charge in [0, 0.05) is 19.0 Å². The van der Waals surface area contributed by atoms with Gasteiger partial charge in [0.25, 0.3) is 0 Å². The molecule has 0 bridgehead atoms. The van der Waals surface area contributed by atoms with Crippen LogP contribution in [-0.4, -0.2) is 30.5 Å². The average Bonchev–Trinajstić information content (AvgIpc) is 2.36. The van der Waals surface area contributed by atoms with E-state index in [0.29, 0.717) is 12.3 Å². The molecule has 0 spiro atoms. The van der Waals surface area contributed by atoms with Crippen LogP contribution in [0.2, 0.25) is 0 Å². The van der Waals surface area contributed by atoms with Gasteiger partial charge in [-0.05, 0) is 31.4 Å². The highest BCUT2D eigenvalue weighted by Crippen LogP contribution is 2.07. The van der Waals surface area contributed by atoms with Crippen molar-refractivity contribution in [2.45, 2.75) is 25.8 Å². The summed E-state index contributed by atoms with van der Waals surface area (Å²) in [5.74, 6) is 0.649. The molecule has 0 heterocycles. The van der Waals surface area contributed by atoms with Crippen molar-refractivity contribution in [1.29, 1.82) is 0 Å². The number of unbranched alkanes of at least 4 members (excludes halogenated alkanes) is 2. The molecule has 0 aromatic heterocycles. The van der Waals surface area contributed by atoms with Crippen LogP contribution in [0.3, 0.4) is 0 Å². The lowest BCUT2D eigenvalue weighted by atomic mass is 10.2. The Morgan fingerprint density at radius 2 is 1.76 bits per heavy atom. The van der Waals surface area contributed by atoms with Gasteiger partial charge in [-0.2, -0.15) is 0 Å². The third kappa shape index (κ3) is 6.64. The average molecular weight is 258 g/mol. The summed E-state index contributed by atoms with van der Waals surface area (Å²) in [5.41, 5.74) is 1.31. The van der Waals surface area contributed by atoms with Crippen LogP contribution < -0.4 is 0 Å². The van der Waals surface area contributed by atoms with Crippen LogP contribution in [0.5, 0.6) is 0 Å². The Labute approximate surface area is 109 Å². The molecule has 0 aliphatic rings. The lowest BCUT2D eigenvalue weighted by Gasteiger charge is -2.21. The molecule has 1 aromatic rings. The molecular weight excluding hydrogens is 237 g/mol. The summed E-state index contributed by atoms with van der Waals surface area (Å²) < 4.78 is 12.0. The van der Waals surface area contributed by atoms with Crippen LogP contribution in [0, 0.1) is 0 Å². The van der Waals surface area contributed by atoms with Crippen LogP contribution in [0.15, 0.2) is 30.3 Å². The lowest BCUT2D eigenvalue weighted by Crippen LogP contribution is -2.26. The van der Waals surface area contributed by atoms with Gasteiger partial charge in [0.15, 0.2) is 0 Å². The predicted molar refractivity (Wildman–Crippen MR) is 72.3 cm³/mol. The summed E-state index contributed by atoms with van der Waals surface area (Å²) in [6.07, 6.45) is 2.69. The van der Waals surface area contributed by atoms with Crippen molar-refractivity contribution in [3.8, 4) is 0 Å². The Balaban J connectivity index is 2.32. The third-order valence-electron chi connectivity index (χ3n) is 2.76. The summed E-state index contributed by atoms with van der Waals surface area (Å²) in [7, 11) is 0. The summed E-state index contributed by atoms with van der Waals surface area (Å²) >= 11 is 5.80. The normalized spacial score (nSPS) is 11.0. The molecule has 0 saturated heterocycles. The zero-order valence-corrected chi connectivity index (χ0v) is 11.0. The van der Waals surface area contributed by atoms with Gasteiger partial charge in [0.2, 0.25) is 0 Å². The van der Waals surface area contributed by atoms with Gasteiger partial charge in [-0.1, -0.05) is 30.3 Å². The van der Waals surface area contributed by atoms with Gasteiger partial charge in [0.1, 0.15) is 0 Å². The highest BCUT2D eigenvalue weighted by atomic mass is 35.5. The zero-order valence-electron chi connectivity index (χ0n) is 10.2. The van der Waals surface area contributed by atoms with Gasteiger partial charge in [-0.25, -0.2) is 0 Å². The Morgan fingerprint density at radius 3 is 2.41 bits per heavy atom. The zero-order chi connectivity index (χ0) is 12.3. The molecule has 3 heteroatoms. The minimum Gasteiger partial charge on any atom is -0.298 e. The van der Waals surface area contributed by atoms with Gasteiger partial charge in [-0.15, -0.1) is 11.6 Å². The van der Waals surface area contributed by atoms with E-state index in [-0.39, 0.29) is 6.67 Å². The van der Waals surface area contributed by atoms with E-state index in [1.54, 1.807) is 0 Å². The largest absolute Gasteiger partial charge is 0.298 e. The molecule has 0 N–H and O–H groups in total. The Morgan fingerprint density at radius 1 is 1.00 bits per heavy atom. The predicted octanol–water partition coefficient (Wildman–Crippen LogP) is 3.87. The smallest absolute Gasteiger partial charge is 0.0894 e. The molecule has 96 valence electrons. The number of nitrogens with zero attached hydrogens (tertiary/aromatic N) is 1. The van der Waals surface area contributed by atoms with Gasteiger partial charge < -0.3 is 0 Å². The lowest BCUT2D eigenvalue weighted by molar-refractivity contribution is 0.272. The SMILES string of the molecule is FCCCCCN(CCCl)Cc1ccccc1. The second-order valence-electron chi connectivity index (χ2n) is 4.20. The van der Waals surface area contributed by atoms with Crippen molar-refractivity contribution < 1.29 is 4.39 Å². The molecule has 0 radical (unpaired) electrons. The molecule has 0 aliphatic carbocycles. The van der Waals surface area contributed by atoms with Crippen LogP contribution in [0.1, 0.15) is 24.8 Å². The quantitative estimate of drug-likeness (QED) is 0.480. The fraction of sp³-hybridized carbons (Fsp3) is 0.571. The Hall–Kier alpha value is -0.600. The molecule has 1 aromatic carbocycles. The van der Waals surface area contributed by atoms with E-state index in [4.69, 9.17) is 11.6 Å². The van der Waals surface area contributed by atoms with E-state index >= 15 is 0 Å². The molecule has 1 nitrogen and oxygen atoms in total. The molecule has 0 aliphatic heterocycles. The second kappa shape index (κ2) is 9.43. The molecule has 17 heavy (non-hydrogen) atoms. The Kier molecular flexibility index (Phi) is 8.02. The van der Waals surface area contributed by atoms with Crippen LogP contribution in [-0.2, 0) is 6.54 Å². The van der Waals surface area contributed by atoms with Crippen molar-refractivity contribution >= 4 is 11.6 Å². The highest BCUT2D eigenvalue weighted by Gasteiger charge is 2.04. The molecule has 1 rings (SSSR count). The fourth-order valence-corrected chi connectivity index (χ4v) is 2.08. The number of alkyl halides is 2. The first kappa shape index (κ1) is 14.5. The van der Waals surface area contributed by atoms with Crippen molar-refractivity contribution in [2.75, 3.05) is 25.6 Å². The summed E-state index contributed by atoms with van der Waals surface area (Å²) in [5, 5.41) is 0. The van der Waals surface area contributed by atoms with Crippen LogP contribution in [0.25, 0.3) is 0 Å². The first-order chi connectivity index (χ1) is 8.36. The second-order valence-corrected chi connectivity index (χ2v) is 4.58. The molecule has 0 atom stereocenters. The first-order valence-electron chi connectivity index (χ1n) is 6.25. The molecule has 0 saturated carbocycles. The van der Waals surface area contributed by atoms with E-state index in [2.05, 4.69) is 29.2 Å². The number of hydrogen-bond acceptors (Lipinski definition) is 1. The van der Waals surface area contributed by atoms with Gasteiger partial charge in [0.05, 0.1) is 6.67 Å². The van der Waals surface area contributed by atoms with E-state index in [0.717, 1.165) is 32.5 Å². The number of halogens is 2. The number of hydrogen-bond donors (Lipinski definition) is 0. The summed E-state index contributed by atoms with van der Waals surface area (Å²) in [6, 6.07) is 10.4. The van der Waals surface area contributed by atoms with Crippen LogP contribution in [0.4, 0.5) is 4.39 Å². The Bertz CT molecular complexity index is 279. The molecule has 0 amide bonds. The van der Waals surface area contributed by atoms with E-state index in [9.17, 15) is 4.39 Å². The van der Waals surface area contributed by atoms with Crippen molar-refractivity contribution in [2.24, 2.45) is 0 Å². The van der Waals surface area contributed by atoms with Crippen molar-refractivity contribution in [1.82, 2.24) is 4.90 Å².